The number of ether oxygens (including phenoxy) is 1. The molecule has 1 saturated carbocycles. The smallest absolute Gasteiger partial charge is 0.0622 e. The molecule has 1 spiro atoms. The van der Waals surface area contributed by atoms with Gasteiger partial charge in [-0.2, -0.15) is 0 Å². The number of nitrogens with zero attached hydrogens (tertiary/aromatic N) is 1. The quantitative estimate of drug-likeness (QED) is 0.728. The molecule has 16 heavy (non-hydrogen) atoms. The van der Waals surface area contributed by atoms with Crippen molar-refractivity contribution < 1.29 is 4.74 Å². The van der Waals surface area contributed by atoms with E-state index in [0.29, 0.717) is 11.6 Å². The first kappa shape index (κ1) is 11.0. The average molecular weight is 224 g/mol. The van der Waals surface area contributed by atoms with Gasteiger partial charge in [-0.25, -0.2) is 0 Å². The third kappa shape index (κ3) is 2.13. The summed E-state index contributed by atoms with van der Waals surface area (Å²) >= 11 is 0. The van der Waals surface area contributed by atoms with Crippen molar-refractivity contribution in [2.45, 2.75) is 50.1 Å². The third-order valence-corrected chi connectivity index (χ3v) is 4.61. The predicted octanol–water partition coefficient (Wildman–Crippen LogP) is 1.38. The van der Waals surface area contributed by atoms with Crippen molar-refractivity contribution in [3.05, 3.63) is 0 Å². The first-order valence-electron chi connectivity index (χ1n) is 6.95. The van der Waals surface area contributed by atoms with Gasteiger partial charge in [-0.05, 0) is 38.8 Å². The molecule has 3 fully saturated rings. The van der Waals surface area contributed by atoms with Crippen LogP contribution in [0.5, 0.6) is 0 Å². The van der Waals surface area contributed by atoms with E-state index in [1.54, 1.807) is 0 Å². The van der Waals surface area contributed by atoms with Gasteiger partial charge in [0.1, 0.15) is 0 Å². The van der Waals surface area contributed by atoms with Gasteiger partial charge in [-0.1, -0.05) is 12.8 Å². The van der Waals surface area contributed by atoms with Crippen molar-refractivity contribution in [3.8, 4) is 0 Å². The maximum absolute atomic E-state index is 5.54. The summed E-state index contributed by atoms with van der Waals surface area (Å²) < 4.78 is 5.54. The van der Waals surface area contributed by atoms with Crippen molar-refractivity contribution in [2.75, 3.05) is 32.8 Å². The third-order valence-electron chi connectivity index (χ3n) is 4.61. The molecule has 3 aliphatic rings. The minimum Gasteiger partial charge on any atom is -0.380 e. The van der Waals surface area contributed by atoms with E-state index in [0.717, 1.165) is 13.2 Å². The molecule has 0 amide bonds. The highest BCUT2D eigenvalue weighted by molar-refractivity contribution is 4.98. The van der Waals surface area contributed by atoms with E-state index in [-0.39, 0.29) is 0 Å². The molecule has 0 aromatic carbocycles. The lowest BCUT2D eigenvalue weighted by Crippen LogP contribution is -2.51. The highest BCUT2D eigenvalue weighted by Gasteiger charge is 2.38. The van der Waals surface area contributed by atoms with Crippen molar-refractivity contribution >= 4 is 0 Å². The van der Waals surface area contributed by atoms with Crippen LogP contribution < -0.4 is 5.32 Å². The molecule has 1 unspecified atom stereocenters. The standard InChI is InChI=1S/C13H24N2O/c1-2-6-13(5-1)11-15(8-3-7-14-13)12-4-9-16-10-12/h12,14H,1-11H2. The molecular formula is C13H24N2O. The second kappa shape index (κ2) is 4.63. The van der Waals surface area contributed by atoms with Crippen molar-refractivity contribution in [2.24, 2.45) is 0 Å². The monoisotopic (exact) mass is 224 g/mol. The van der Waals surface area contributed by atoms with E-state index in [9.17, 15) is 0 Å². The molecule has 0 aromatic rings. The SMILES string of the molecule is C1CNC2(CCCC2)CN(C2CCOC2)C1. The van der Waals surface area contributed by atoms with E-state index in [1.807, 2.05) is 0 Å². The maximum Gasteiger partial charge on any atom is 0.0622 e. The maximum atomic E-state index is 5.54. The number of hydrogen-bond acceptors (Lipinski definition) is 3. The highest BCUT2D eigenvalue weighted by atomic mass is 16.5. The summed E-state index contributed by atoms with van der Waals surface area (Å²) in [6.45, 7) is 5.69. The summed E-state index contributed by atoms with van der Waals surface area (Å²) in [5, 5.41) is 3.83. The van der Waals surface area contributed by atoms with Crippen LogP contribution in [0.3, 0.4) is 0 Å². The molecule has 0 aromatic heterocycles. The van der Waals surface area contributed by atoms with E-state index < -0.39 is 0 Å². The van der Waals surface area contributed by atoms with Gasteiger partial charge in [0.15, 0.2) is 0 Å². The van der Waals surface area contributed by atoms with Crippen LogP contribution >= 0.6 is 0 Å². The zero-order chi connectivity index (χ0) is 10.8. The summed E-state index contributed by atoms with van der Waals surface area (Å²) in [4.78, 5) is 2.71. The average Bonchev–Trinajstić information content (AvgIpc) is 2.89. The molecule has 1 aliphatic carbocycles. The number of nitrogens with one attached hydrogen (secondary N) is 1. The fourth-order valence-corrected chi connectivity index (χ4v) is 3.67. The molecule has 2 saturated heterocycles. The Morgan fingerprint density at radius 3 is 2.81 bits per heavy atom. The van der Waals surface area contributed by atoms with Crippen molar-refractivity contribution in [3.63, 3.8) is 0 Å². The molecule has 1 N–H and O–H groups in total. The molecule has 1 atom stereocenters. The normalized spacial score (nSPS) is 35.6. The van der Waals surface area contributed by atoms with Gasteiger partial charge in [-0.15, -0.1) is 0 Å². The summed E-state index contributed by atoms with van der Waals surface area (Å²) in [5.41, 5.74) is 0.457. The van der Waals surface area contributed by atoms with Crippen LogP contribution in [0, 0.1) is 0 Å². The summed E-state index contributed by atoms with van der Waals surface area (Å²) in [5.74, 6) is 0. The Labute approximate surface area is 98.5 Å². The molecule has 2 aliphatic heterocycles. The Hall–Kier alpha value is -0.120. The van der Waals surface area contributed by atoms with Crippen LogP contribution in [0.15, 0.2) is 0 Å². The second-order valence-corrected chi connectivity index (χ2v) is 5.76. The first-order valence-corrected chi connectivity index (χ1v) is 6.95. The van der Waals surface area contributed by atoms with Crippen LogP contribution in [-0.2, 0) is 4.74 Å². The Bertz CT molecular complexity index is 232. The molecular weight excluding hydrogens is 200 g/mol. The molecule has 92 valence electrons. The van der Waals surface area contributed by atoms with E-state index in [1.165, 1.54) is 58.2 Å². The fraction of sp³-hybridized carbons (Fsp3) is 1.00. The number of rotatable bonds is 1. The summed E-state index contributed by atoms with van der Waals surface area (Å²) in [6.07, 6.45) is 8.16. The van der Waals surface area contributed by atoms with Gasteiger partial charge < -0.3 is 10.1 Å². The van der Waals surface area contributed by atoms with Crippen LogP contribution in [0.25, 0.3) is 0 Å². The first-order chi connectivity index (χ1) is 7.88. The van der Waals surface area contributed by atoms with E-state index in [4.69, 9.17) is 4.74 Å². The Balaban J connectivity index is 1.68. The van der Waals surface area contributed by atoms with E-state index in [2.05, 4.69) is 10.2 Å². The lowest BCUT2D eigenvalue weighted by atomic mass is 9.96. The molecule has 3 rings (SSSR count). The van der Waals surface area contributed by atoms with Crippen LogP contribution in [0.4, 0.5) is 0 Å². The largest absolute Gasteiger partial charge is 0.380 e. The summed E-state index contributed by atoms with van der Waals surface area (Å²) in [6, 6.07) is 0.706. The minimum absolute atomic E-state index is 0.457. The molecule has 2 heterocycles. The topological polar surface area (TPSA) is 24.5 Å². The van der Waals surface area contributed by atoms with Gasteiger partial charge in [-0.3, -0.25) is 4.90 Å². The van der Waals surface area contributed by atoms with Gasteiger partial charge in [0.25, 0.3) is 0 Å². The Morgan fingerprint density at radius 1 is 1.19 bits per heavy atom. The molecule has 3 heteroatoms. The second-order valence-electron chi connectivity index (χ2n) is 5.76. The van der Waals surface area contributed by atoms with Gasteiger partial charge in [0, 0.05) is 24.7 Å². The fourth-order valence-electron chi connectivity index (χ4n) is 3.67. The van der Waals surface area contributed by atoms with Crippen LogP contribution in [0.1, 0.15) is 38.5 Å². The molecule has 0 bridgehead atoms. The number of hydrogen-bond donors (Lipinski definition) is 1. The minimum atomic E-state index is 0.457. The zero-order valence-corrected chi connectivity index (χ0v) is 10.2. The Morgan fingerprint density at radius 2 is 2.06 bits per heavy atom. The lowest BCUT2D eigenvalue weighted by Gasteiger charge is -2.35. The summed E-state index contributed by atoms with van der Waals surface area (Å²) in [7, 11) is 0. The van der Waals surface area contributed by atoms with Crippen LogP contribution in [-0.4, -0.2) is 49.3 Å². The highest BCUT2D eigenvalue weighted by Crippen LogP contribution is 2.32. The molecule has 0 radical (unpaired) electrons. The van der Waals surface area contributed by atoms with Crippen molar-refractivity contribution in [1.82, 2.24) is 10.2 Å². The molecule has 3 nitrogen and oxygen atoms in total. The predicted molar refractivity (Wildman–Crippen MR) is 64.6 cm³/mol. The van der Waals surface area contributed by atoms with Gasteiger partial charge in [0.2, 0.25) is 0 Å². The van der Waals surface area contributed by atoms with Gasteiger partial charge >= 0.3 is 0 Å². The van der Waals surface area contributed by atoms with E-state index >= 15 is 0 Å². The lowest BCUT2D eigenvalue weighted by molar-refractivity contribution is 0.125. The van der Waals surface area contributed by atoms with Gasteiger partial charge in [0.05, 0.1) is 6.61 Å². The Kier molecular flexibility index (Phi) is 3.18. The zero-order valence-electron chi connectivity index (χ0n) is 10.2. The van der Waals surface area contributed by atoms with Crippen molar-refractivity contribution in [1.29, 1.82) is 0 Å². The van der Waals surface area contributed by atoms with Crippen LogP contribution in [0.2, 0.25) is 0 Å².